The van der Waals surface area contributed by atoms with Crippen LogP contribution in [0.1, 0.15) is 20.3 Å². The smallest absolute Gasteiger partial charge is 0.235 e. The predicted octanol–water partition coefficient (Wildman–Crippen LogP) is 1.42. The van der Waals surface area contributed by atoms with E-state index in [9.17, 15) is 8.42 Å². The first kappa shape index (κ1) is 16.4. The Morgan fingerprint density at radius 3 is 2.48 bits per heavy atom. The first-order chi connectivity index (χ1) is 10.9. The van der Waals surface area contributed by atoms with E-state index < -0.39 is 10.0 Å². The van der Waals surface area contributed by atoms with E-state index in [1.54, 1.807) is 7.11 Å². The first-order valence-corrected chi connectivity index (χ1v) is 9.71. The summed E-state index contributed by atoms with van der Waals surface area (Å²) in [5, 5.41) is 3.51. The minimum atomic E-state index is -3.17. The lowest BCUT2D eigenvalue weighted by molar-refractivity contribution is 0.391. The average molecular weight is 339 g/mol. The van der Waals surface area contributed by atoms with Crippen molar-refractivity contribution < 1.29 is 13.2 Å². The highest BCUT2D eigenvalue weighted by Gasteiger charge is 2.30. The summed E-state index contributed by atoms with van der Waals surface area (Å²) in [7, 11) is -1.51. The van der Waals surface area contributed by atoms with E-state index in [0.717, 1.165) is 30.2 Å². The van der Waals surface area contributed by atoms with Crippen molar-refractivity contribution in [3.8, 4) is 5.75 Å². The molecule has 0 bridgehead atoms. The number of hydrogen-bond acceptors (Lipinski definition) is 5. The molecular weight excluding hydrogens is 314 g/mol. The van der Waals surface area contributed by atoms with Crippen LogP contribution in [0.4, 0.5) is 11.4 Å². The van der Waals surface area contributed by atoms with Crippen LogP contribution in [0.15, 0.2) is 18.2 Å². The number of methoxy groups -OCH3 is 1. The van der Waals surface area contributed by atoms with Gasteiger partial charge in [-0.25, -0.2) is 8.42 Å². The molecule has 2 fully saturated rings. The topological polar surface area (TPSA) is 61.9 Å². The van der Waals surface area contributed by atoms with Crippen molar-refractivity contribution >= 4 is 21.4 Å². The number of anilines is 2. The summed E-state index contributed by atoms with van der Waals surface area (Å²) >= 11 is 0. The van der Waals surface area contributed by atoms with E-state index in [2.05, 4.69) is 24.1 Å². The second-order valence-electron chi connectivity index (χ2n) is 6.47. The summed E-state index contributed by atoms with van der Waals surface area (Å²) in [6.07, 6.45) is 0.686. The molecule has 6 nitrogen and oxygen atoms in total. The minimum absolute atomic E-state index is 0.232. The predicted molar refractivity (Wildman–Crippen MR) is 93.0 cm³/mol. The van der Waals surface area contributed by atoms with E-state index >= 15 is 0 Å². The van der Waals surface area contributed by atoms with E-state index in [0.29, 0.717) is 25.0 Å². The van der Waals surface area contributed by atoms with Gasteiger partial charge in [-0.15, -0.1) is 0 Å². The Bertz CT molecular complexity index is 667. The summed E-state index contributed by atoms with van der Waals surface area (Å²) in [5.74, 6) is 1.02. The third-order valence-corrected chi connectivity index (χ3v) is 6.32. The van der Waals surface area contributed by atoms with Gasteiger partial charge in [0, 0.05) is 31.7 Å². The molecule has 0 unspecified atom stereocenters. The van der Waals surface area contributed by atoms with E-state index in [1.807, 2.05) is 18.2 Å². The third kappa shape index (κ3) is 3.26. The molecule has 128 valence electrons. The van der Waals surface area contributed by atoms with E-state index in [4.69, 9.17) is 4.74 Å². The Balaban J connectivity index is 1.97. The molecule has 0 aromatic heterocycles. The SMILES string of the molecule is COc1ccc(N2CCCS2(=O)=O)cc1N1C[C@@H](C)N[C@H](C)C1. The van der Waals surface area contributed by atoms with Crippen LogP contribution in [0.25, 0.3) is 0 Å². The second kappa shape index (κ2) is 6.20. The molecule has 2 atom stereocenters. The van der Waals surface area contributed by atoms with Gasteiger partial charge in [0.25, 0.3) is 0 Å². The molecule has 3 rings (SSSR count). The Labute approximate surface area is 138 Å². The van der Waals surface area contributed by atoms with Gasteiger partial charge in [-0.1, -0.05) is 0 Å². The van der Waals surface area contributed by atoms with Crippen LogP contribution in [0.5, 0.6) is 5.75 Å². The van der Waals surface area contributed by atoms with Crippen molar-refractivity contribution in [3.63, 3.8) is 0 Å². The highest BCUT2D eigenvalue weighted by atomic mass is 32.2. The van der Waals surface area contributed by atoms with Crippen molar-refractivity contribution in [1.29, 1.82) is 0 Å². The molecule has 2 heterocycles. The number of nitrogens with zero attached hydrogens (tertiary/aromatic N) is 2. The van der Waals surface area contributed by atoms with Gasteiger partial charge < -0.3 is 15.0 Å². The highest BCUT2D eigenvalue weighted by Crippen LogP contribution is 2.35. The van der Waals surface area contributed by atoms with Gasteiger partial charge in [-0.3, -0.25) is 4.31 Å². The number of ether oxygens (including phenoxy) is 1. The Morgan fingerprint density at radius 1 is 1.22 bits per heavy atom. The zero-order valence-corrected chi connectivity index (χ0v) is 14.8. The summed E-state index contributed by atoms with van der Waals surface area (Å²) in [6.45, 7) is 6.62. The van der Waals surface area contributed by atoms with Crippen LogP contribution in [0.2, 0.25) is 0 Å². The Hall–Kier alpha value is -1.47. The van der Waals surface area contributed by atoms with Crippen molar-refractivity contribution in [1.82, 2.24) is 5.32 Å². The number of hydrogen-bond donors (Lipinski definition) is 1. The van der Waals surface area contributed by atoms with Crippen LogP contribution in [0.3, 0.4) is 0 Å². The molecular formula is C16H25N3O3S. The summed E-state index contributed by atoms with van der Waals surface area (Å²) in [4.78, 5) is 2.27. The summed E-state index contributed by atoms with van der Waals surface area (Å²) < 4.78 is 31.4. The molecule has 2 saturated heterocycles. The summed E-state index contributed by atoms with van der Waals surface area (Å²) in [6, 6.07) is 6.41. The number of benzene rings is 1. The number of rotatable bonds is 3. The van der Waals surface area contributed by atoms with Crippen LogP contribution in [-0.2, 0) is 10.0 Å². The number of piperazine rings is 1. The van der Waals surface area contributed by atoms with E-state index in [1.165, 1.54) is 4.31 Å². The lowest BCUT2D eigenvalue weighted by Crippen LogP contribution is -2.54. The lowest BCUT2D eigenvalue weighted by atomic mass is 10.1. The average Bonchev–Trinajstić information content (AvgIpc) is 2.85. The number of sulfonamides is 1. The fraction of sp³-hybridized carbons (Fsp3) is 0.625. The normalized spacial score (nSPS) is 27.3. The van der Waals surface area contributed by atoms with Crippen LogP contribution >= 0.6 is 0 Å². The van der Waals surface area contributed by atoms with Gasteiger partial charge in [0.2, 0.25) is 10.0 Å². The maximum Gasteiger partial charge on any atom is 0.235 e. The molecule has 0 aliphatic carbocycles. The van der Waals surface area contributed by atoms with Crippen LogP contribution < -0.4 is 19.3 Å². The molecule has 0 spiro atoms. The molecule has 23 heavy (non-hydrogen) atoms. The lowest BCUT2D eigenvalue weighted by Gasteiger charge is -2.38. The van der Waals surface area contributed by atoms with Gasteiger partial charge in [-0.2, -0.15) is 0 Å². The van der Waals surface area contributed by atoms with Gasteiger partial charge in [0.1, 0.15) is 5.75 Å². The van der Waals surface area contributed by atoms with Crippen molar-refractivity contribution in [2.24, 2.45) is 0 Å². The highest BCUT2D eigenvalue weighted by molar-refractivity contribution is 7.93. The third-order valence-electron chi connectivity index (χ3n) is 4.45. The van der Waals surface area contributed by atoms with Crippen molar-refractivity contribution in [2.45, 2.75) is 32.4 Å². The minimum Gasteiger partial charge on any atom is -0.495 e. The largest absolute Gasteiger partial charge is 0.495 e. The Kier molecular flexibility index (Phi) is 4.42. The van der Waals surface area contributed by atoms with Gasteiger partial charge >= 0.3 is 0 Å². The maximum atomic E-state index is 12.2. The van der Waals surface area contributed by atoms with Gasteiger partial charge in [0.15, 0.2) is 0 Å². The molecule has 2 aliphatic heterocycles. The Morgan fingerprint density at radius 2 is 1.91 bits per heavy atom. The zero-order chi connectivity index (χ0) is 16.6. The molecule has 1 N–H and O–H groups in total. The molecule has 2 aliphatic rings. The fourth-order valence-corrected chi connectivity index (χ4v) is 5.09. The number of nitrogens with one attached hydrogen (secondary N) is 1. The van der Waals surface area contributed by atoms with Crippen molar-refractivity contribution in [3.05, 3.63) is 18.2 Å². The summed E-state index contributed by atoms with van der Waals surface area (Å²) in [5.41, 5.74) is 1.70. The maximum absolute atomic E-state index is 12.2. The van der Waals surface area contributed by atoms with Crippen LogP contribution in [0, 0.1) is 0 Å². The van der Waals surface area contributed by atoms with Gasteiger partial charge in [-0.05, 0) is 38.5 Å². The van der Waals surface area contributed by atoms with E-state index in [-0.39, 0.29) is 5.75 Å². The quantitative estimate of drug-likeness (QED) is 0.902. The van der Waals surface area contributed by atoms with Crippen molar-refractivity contribution in [2.75, 3.05) is 41.7 Å². The monoisotopic (exact) mass is 339 g/mol. The zero-order valence-electron chi connectivity index (χ0n) is 13.9. The molecule has 7 heteroatoms. The molecule has 0 amide bonds. The standard InChI is InChI=1S/C16H25N3O3S/c1-12-10-18(11-13(2)17-12)15-9-14(5-6-16(15)22-3)19-7-4-8-23(19,20)21/h5-6,9,12-13,17H,4,7-8,10-11H2,1-3H3/t12-,13-/m1/s1. The first-order valence-electron chi connectivity index (χ1n) is 8.10. The molecule has 1 aromatic rings. The molecule has 1 aromatic carbocycles. The molecule has 0 radical (unpaired) electrons. The van der Waals surface area contributed by atoms with Crippen LogP contribution in [-0.4, -0.2) is 53.0 Å². The fourth-order valence-electron chi connectivity index (χ4n) is 3.53. The van der Waals surface area contributed by atoms with Gasteiger partial charge in [0.05, 0.1) is 24.2 Å². The molecule has 0 saturated carbocycles. The second-order valence-corrected chi connectivity index (χ2v) is 8.48.